The summed E-state index contributed by atoms with van der Waals surface area (Å²) in [5.74, 6) is 0. The summed E-state index contributed by atoms with van der Waals surface area (Å²) in [6.45, 7) is 12.0. The van der Waals surface area contributed by atoms with E-state index in [0.717, 1.165) is 45.6 Å². The average molecular weight is 228 g/mol. The highest BCUT2D eigenvalue weighted by Crippen LogP contribution is 2.23. The number of likely N-dealkylation sites (tertiary alicyclic amines) is 1. The molecule has 1 saturated heterocycles. The van der Waals surface area contributed by atoms with Gasteiger partial charge in [-0.1, -0.05) is 20.8 Å². The zero-order chi connectivity index (χ0) is 12.0. The van der Waals surface area contributed by atoms with E-state index in [0.29, 0.717) is 5.41 Å². The van der Waals surface area contributed by atoms with Crippen molar-refractivity contribution in [1.29, 1.82) is 0 Å². The quantitative estimate of drug-likeness (QED) is 0.722. The molecule has 0 aliphatic carbocycles. The summed E-state index contributed by atoms with van der Waals surface area (Å²) < 4.78 is 0. The molecule has 0 aromatic rings. The van der Waals surface area contributed by atoms with Gasteiger partial charge in [0.1, 0.15) is 0 Å². The van der Waals surface area contributed by atoms with E-state index in [1.54, 1.807) is 0 Å². The Kier molecular flexibility index (Phi) is 5.73. The average Bonchev–Trinajstić information content (AvgIpc) is 2.26. The van der Waals surface area contributed by atoms with E-state index < -0.39 is 0 Å². The predicted octanol–water partition coefficient (Wildman–Crippen LogP) is 1.47. The van der Waals surface area contributed by atoms with Gasteiger partial charge in [0.05, 0.1) is 6.10 Å². The second-order valence-electron chi connectivity index (χ2n) is 5.48. The fraction of sp³-hybridized carbons (Fsp3) is 1.00. The normalized spacial score (nSPS) is 26.6. The molecule has 1 heterocycles. The highest BCUT2D eigenvalue weighted by Gasteiger charge is 2.27. The first-order valence-corrected chi connectivity index (χ1v) is 6.71. The molecule has 1 aliphatic heterocycles. The van der Waals surface area contributed by atoms with Crippen molar-refractivity contribution >= 4 is 0 Å². The molecular formula is C13H28N2O. The van der Waals surface area contributed by atoms with Crippen molar-refractivity contribution < 1.29 is 5.11 Å². The van der Waals surface area contributed by atoms with Crippen molar-refractivity contribution in [3.63, 3.8) is 0 Å². The zero-order valence-corrected chi connectivity index (χ0v) is 11.1. The summed E-state index contributed by atoms with van der Waals surface area (Å²) in [6.07, 6.45) is 3.20. The largest absolute Gasteiger partial charge is 0.392 e. The van der Waals surface area contributed by atoms with Gasteiger partial charge < -0.3 is 15.3 Å². The number of aliphatic hydroxyl groups excluding tert-OH is 1. The molecule has 0 radical (unpaired) electrons. The lowest BCUT2D eigenvalue weighted by atomic mass is 9.86. The Bertz CT molecular complexity index is 198. The Hall–Kier alpha value is -0.120. The number of piperidine rings is 1. The molecule has 0 aromatic carbocycles. The van der Waals surface area contributed by atoms with E-state index >= 15 is 0 Å². The molecular weight excluding hydrogens is 200 g/mol. The van der Waals surface area contributed by atoms with Crippen LogP contribution in [0.4, 0.5) is 0 Å². The second kappa shape index (κ2) is 6.58. The fourth-order valence-corrected chi connectivity index (χ4v) is 2.43. The van der Waals surface area contributed by atoms with Crippen LogP contribution in [0.3, 0.4) is 0 Å². The molecule has 0 bridgehead atoms. The minimum Gasteiger partial charge on any atom is -0.392 e. The summed E-state index contributed by atoms with van der Waals surface area (Å²) >= 11 is 0. The van der Waals surface area contributed by atoms with Crippen molar-refractivity contribution in [2.24, 2.45) is 5.41 Å². The third-order valence-corrected chi connectivity index (χ3v) is 3.74. The summed E-state index contributed by atoms with van der Waals surface area (Å²) in [7, 11) is 0. The number of nitrogens with zero attached hydrogens (tertiary/aromatic N) is 1. The molecule has 16 heavy (non-hydrogen) atoms. The number of hydrogen-bond acceptors (Lipinski definition) is 3. The number of hydrogen-bond donors (Lipinski definition) is 2. The van der Waals surface area contributed by atoms with Gasteiger partial charge in [0.15, 0.2) is 0 Å². The van der Waals surface area contributed by atoms with Crippen molar-refractivity contribution in [2.45, 2.75) is 46.1 Å². The molecule has 1 fully saturated rings. The molecule has 1 rings (SSSR count). The molecule has 0 spiro atoms. The molecule has 2 atom stereocenters. The Morgan fingerprint density at radius 2 is 2.19 bits per heavy atom. The lowest BCUT2D eigenvalue weighted by Gasteiger charge is -2.38. The third-order valence-electron chi connectivity index (χ3n) is 3.74. The smallest absolute Gasteiger partial charge is 0.0667 e. The number of β-amino-alcohol motifs (C(OH)–C–C–N with tert-alkyl or cyclic N) is 1. The van der Waals surface area contributed by atoms with Crippen LogP contribution < -0.4 is 5.32 Å². The molecule has 3 heteroatoms. The molecule has 2 N–H and O–H groups in total. The summed E-state index contributed by atoms with van der Waals surface area (Å²) in [5.41, 5.74) is 0.340. The minimum atomic E-state index is -0.103. The van der Waals surface area contributed by atoms with Crippen molar-refractivity contribution in [2.75, 3.05) is 32.7 Å². The highest BCUT2D eigenvalue weighted by molar-refractivity contribution is 4.82. The van der Waals surface area contributed by atoms with Crippen molar-refractivity contribution in [3.05, 3.63) is 0 Å². The Morgan fingerprint density at radius 1 is 1.44 bits per heavy atom. The lowest BCUT2D eigenvalue weighted by molar-refractivity contribution is 0.0457. The maximum atomic E-state index is 9.67. The number of aliphatic hydroxyl groups is 1. The van der Waals surface area contributed by atoms with Crippen LogP contribution in [0.1, 0.15) is 40.0 Å². The van der Waals surface area contributed by atoms with Crippen LogP contribution in [0, 0.1) is 5.41 Å². The fourth-order valence-electron chi connectivity index (χ4n) is 2.43. The summed E-state index contributed by atoms with van der Waals surface area (Å²) in [4.78, 5) is 2.43. The first-order valence-electron chi connectivity index (χ1n) is 6.71. The van der Waals surface area contributed by atoms with Gasteiger partial charge in [0, 0.05) is 19.6 Å². The maximum Gasteiger partial charge on any atom is 0.0667 e. The highest BCUT2D eigenvalue weighted by atomic mass is 16.3. The monoisotopic (exact) mass is 228 g/mol. The van der Waals surface area contributed by atoms with E-state index in [1.807, 2.05) is 0 Å². The van der Waals surface area contributed by atoms with Crippen LogP contribution >= 0.6 is 0 Å². The van der Waals surface area contributed by atoms with Crippen LogP contribution in [0.25, 0.3) is 0 Å². The van der Waals surface area contributed by atoms with Gasteiger partial charge in [-0.2, -0.15) is 0 Å². The molecule has 0 amide bonds. The van der Waals surface area contributed by atoms with Crippen LogP contribution in [-0.4, -0.2) is 48.8 Å². The van der Waals surface area contributed by atoms with Gasteiger partial charge in [0.2, 0.25) is 0 Å². The second-order valence-corrected chi connectivity index (χ2v) is 5.48. The van der Waals surface area contributed by atoms with E-state index in [4.69, 9.17) is 0 Å². The van der Waals surface area contributed by atoms with Gasteiger partial charge in [-0.05, 0) is 37.8 Å². The molecule has 3 nitrogen and oxygen atoms in total. The van der Waals surface area contributed by atoms with E-state index in [1.165, 1.54) is 6.42 Å². The van der Waals surface area contributed by atoms with E-state index in [9.17, 15) is 5.11 Å². The van der Waals surface area contributed by atoms with Gasteiger partial charge in [-0.25, -0.2) is 0 Å². The predicted molar refractivity (Wildman–Crippen MR) is 68.6 cm³/mol. The van der Waals surface area contributed by atoms with Gasteiger partial charge >= 0.3 is 0 Å². The maximum absolute atomic E-state index is 9.67. The van der Waals surface area contributed by atoms with Crippen molar-refractivity contribution in [3.8, 4) is 0 Å². The first-order chi connectivity index (χ1) is 7.59. The standard InChI is InChI=1S/C13H28N2O/c1-4-13(3,10-14-5-2)11-15-8-6-7-12(16)9-15/h12,14,16H,4-11H2,1-3H3. The molecule has 1 aliphatic rings. The summed E-state index contributed by atoms with van der Waals surface area (Å²) in [5, 5.41) is 13.1. The Labute approximate surface area is 100 Å². The minimum absolute atomic E-state index is 0.103. The van der Waals surface area contributed by atoms with Crippen LogP contribution in [0.15, 0.2) is 0 Å². The van der Waals surface area contributed by atoms with Crippen LogP contribution in [0.2, 0.25) is 0 Å². The molecule has 2 unspecified atom stereocenters. The molecule has 0 aromatic heterocycles. The van der Waals surface area contributed by atoms with Gasteiger partial charge in [-0.3, -0.25) is 0 Å². The van der Waals surface area contributed by atoms with E-state index in [-0.39, 0.29) is 6.10 Å². The number of nitrogens with one attached hydrogen (secondary N) is 1. The van der Waals surface area contributed by atoms with Gasteiger partial charge in [-0.15, -0.1) is 0 Å². The third kappa shape index (κ3) is 4.40. The zero-order valence-electron chi connectivity index (χ0n) is 11.1. The van der Waals surface area contributed by atoms with E-state index in [2.05, 4.69) is 31.0 Å². The van der Waals surface area contributed by atoms with Gasteiger partial charge in [0.25, 0.3) is 0 Å². The van der Waals surface area contributed by atoms with Crippen LogP contribution in [0.5, 0.6) is 0 Å². The molecule has 0 saturated carbocycles. The lowest BCUT2D eigenvalue weighted by Crippen LogP contribution is -2.46. The Morgan fingerprint density at radius 3 is 2.75 bits per heavy atom. The Balaban J connectivity index is 2.41. The first kappa shape index (κ1) is 13.9. The number of rotatable bonds is 6. The molecule has 96 valence electrons. The SMILES string of the molecule is CCNCC(C)(CC)CN1CCCC(O)C1. The van der Waals surface area contributed by atoms with Crippen molar-refractivity contribution in [1.82, 2.24) is 10.2 Å². The topological polar surface area (TPSA) is 35.5 Å². The summed E-state index contributed by atoms with van der Waals surface area (Å²) in [6, 6.07) is 0. The van der Waals surface area contributed by atoms with Crippen LogP contribution in [-0.2, 0) is 0 Å².